The van der Waals surface area contributed by atoms with Crippen LogP contribution in [-0.2, 0) is 7.05 Å². The lowest BCUT2D eigenvalue weighted by atomic mass is 9.52. The molecule has 130 valence electrons. The van der Waals surface area contributed by atoms with E-state index < -0.39 is 0 Å². The number of benzene rings is 1. The molecule has 0 spiro atoms. The normalized spacial score (nSPS) is 13.3. The SMILES string of the molecule is CN1C=Cc2c(oc3ncccc23)B1c1cc(-c2ccccc2)cc[n+]1C. The highest BCUT2D eigenvalue weighted by atomic mass is 16.3. The Bertz CT molecular complexity index is 1170. The third-order valence-corrected chi connectivity index (χ3v) is 5.24. The Morgan fingerprint density at radius 1 is 1.04 bits per heavy atom. The lowest BCUT2D eigenvalue weighted by Crippen LogP contribution is -2.65. The van der Waals surface area contributed by atoms with E-state index >= 15 is 0 Å². The maximum Gasteiger partial charge on any atom is 0.443 e. The van der Waals surface area contributed by atoms with E-state index in [4.69, 9.17) is 4.42 Å². The van der Waals surface area contributed by atoms with Crippen LogP contribution in [0.5, 0.6) is 0 Å². The standard InChI is InChI=1S/C22H19BN3O/c1-25-13-10-17(16-7-4-3-5-8-16)15-20(25)23-21-18(11-14-26(23)2)19-9-6-12-24-22(19)27-21/h3-15H,1-2H3/q+1. The largest absolute Gasteiger partial charge is 0.449 e. The van der Waals surface area contributed by atoms with Crippen LogP contribution in [0.1, 0.15) is 5.56 Å². The van der Waals surface area contributed by atoms with Crippen LogP contribution in [0.4, 0.5) is 0 Å². The van der Waals surface area contributed by atoms with Gasteiger partial charge in [0.1, 0.15) is 12.7 Å². The predicted octanol–water partition coefficient (Wildman–Crippen LogP) is 2.34. The van der Waals surface area contributed by atoms with E-state index in [2.05, 4.69) is 89.4 Å². The molecule has 0 radical (unpaired) electrons. The monoisotopic (exact) mass is 352 g/mol. The summed E-state index contributed by atoms with van der Waals surface area (Å²) in [6, 6.07) is 18.9. The van der Waals surface area contributed by atoms with Gasteiger partial charge in [-0.3, -0.25) is 0 Å². The molecule has 4 heterocycles. The highest BCUT2D eigenvalue weighted by Crippen LogP contribution is 2.23. The number of aromatic nitrogens is 2. The summed E-state index contributed by atoms with van der Waals surface area (Å²) < 4.78 is 8.38. The molecule has 4 aromatic rings. The quantitative estimate of drug-likeness (QED) is 0.410. The number of pyridine rings is 2. The predicted molar refractivity (Wildman–Crippen MR) is 109 cm³/mol. The first kappa shape index (κ1) is 15.9. The Morgan fingerprint density at radius 2 is 1.89 bits per heavy atom. The van der Waals surface area contributed by atoms with Crippen molar-refractivity contribution in [2.75, 3.05) is 7.05 Å². The number of aryl methyl sites for hydroxylation is 1. The zero-order valence-corrected chi connectivity index (χ0v) is 15.3. The molecule has 27 heavy (non-hydrogen) atoms. The molecule has 0 fully saturated rings. The van der Waals surface area contributed by atoms with Crippen molar-refractivity contribution in [3.63, 3.8) is 0 Å². The molecule has 0 aliphatic carbocycles. The molecule has 4 nitrogen and oxygen atoms in total. The number of hydrogen-bond acceptors (Lipinski definition) is 3. The third kappa shape index (κ3) is 2.55. The summed E-state index contributed by atoms with van der Waals surface area (Å²) in [5, 5.41) is 1.06. The van der Waals surface area contributed by atoms with Crippen LogP contribution in [0.15, 0.2) is 77.6 Å². The first-order valence-corrected chi connectivity index (χ1v) is 9.05. The number of hydrogen-bond donors (Lipinski definition) is 0. The molecule has 0 amide bonds. The maximum atomic E-state index is 6.21. The molecule has 0 saturated carbocycles. The van der Waals surface area contributed by atoms with Gasteiger partial charge in [-0.1, -0.05) is 30.3 Å². The minimum Gasteiger partial charge on any atom is -0.449 e. The molecule has 0 saturated heterocycles. The Labute approximate surface area is 158 Å². The molecule has 0 unspecified atom stereocenters. The highest BCUT2D eigenvalue weighted by molar-refractivity contribution is 6.82. The fourth-order valence-electron chi connectivity index (χ4n) is 3.82. The fraction of sp³-hybridized carbons (Fsp3) is 0.0909. The van der Waals surface area contributed by atoms with Gasteiger partial charge in [0.2, 0.25) is 5.71 Å². The van der Waals surface area contributed by atoms with Gasteiger partial charge in [-0.15, -0.1) is 0 Å². The molecule has 0 bridgehead atoms. The summed E-state index contributed by atoms with van der Waals surface area (Å²) in [7, 11) is 4.16. The van der Waals surface area contributed by atoms with E-state index in [1.54, 1.807) is 6.20 Å². The van der Waals surface area contributed by atoms with Crippen LogP contribution in [0, 0.1) is 0 Å². The van der Waals surface area contributed by atoms with E-state index in [0.29, 0.717) is 5.71 Å². The second-order valence-electron chi connectivity index (χ2n) is 6.94. The second-order valence-corrected chi connectivity index (χ2v) is 6.94. The van der Waals surface area contributed by atoms with Gasteiger partial charge in [0, 0.05) is 29.3 Å². The minimum atomic E-state index is -0.00661. The average molecular weight is 352 g/mol. The van der Waals surface area contributed by atoms with E-state index in [1.807, 2.05) is 12.1 Å². The minimum absolute atomic E-state index is 0.00661. The average Bonchev–Trinajstić information content (AvgIpc) is 3.08. The fourth-order valence-corrected chi connectivity index (χ4v) is 3.82. The maximum absolute atomic E-state index is 6.21. The molecule has 0 atom stereocenters. The van der Waals surface area contributed by atoms with Crippen LogP contribution in [0.2, 0.25) is 0 Å². The van der Waals surface area contributed by atoms with Gasteiger partial charge in [0.05, 0.1) is 0 Å². The van der Waals surface area contributed by atoms with Crippen LogP contribution in [0.25, 0.3) is 28.3 Å². The summed E-state index contributed by atoms with van der Waals surface area (Å²) in [5.41, 5.74) is 6.32. The van der Waals surface area contributed by atoms with Crippen molar-refractivity contribution in [3.05, 3.63) is 78.8 Å². The van der Waals surface area contributed by atoms with Gasteiger partial charge in [0.15, 0.2) is 11.8 Å². The van der Waals surface area contributed by atoms with E-state index in [-0.39, 0.29) is 6.85 Å². The number of nitrogens with zero attached hydrogens (tertiary/aromatic N) is 3. The highest BCUT2D eigenvalue weighted by Gasteiger charge is 2.40. The topological polar surface area (TPSA) is 33.2 Å². The lowest BCUT2D eigenvalue weighted by Gasteiger charge is -2.24. The van der Waals surface area contributed by atoms with Crippen molar-refractivity contribution in [3.8, 4) is 11.1 Å². The van der Waals surface area contributed by atoms with Crippen molar-refractivity contribution < 1.29 is 8.98 Å². The van der Waals surface area contributed by atoms with E-state index in [9.17, 15) is 0 Å². The molecule has 1 aromatic carbocycles. The smallest absolute Gasteiger partial charge is 0.443 e. The van der Waals surface area contributed by atoms with Gasteiger partial charge in [-0.2, -0.15) is 0 Å². The van der Waals surface area contributed by atoms with Crippen LogP contribution in [0.3, 0.4) is 0 Å². The summed E-state index contributed by atoms with van der Waals surface area (Å²) >= 11 is 0. The van der Waals surface area contributed by atoms with Crippen LogP contribution in [-0.4, -0.2) is 23.7 Å². The summed E-state index contributed by atoms with van der Waals surface area (Å²) in [6.07, 6.45) is 8.12. The van der Waals surface area contributed by atoms with Crippen LogP contribution < -0.4 is 15.8 Å². The second kappa shape index (κ2) is 6.13. The number of fused-ring (bicyclic) bond motifs is 3. The van der Waals surface area contributed by atoms with E-state index in [0.717, 1.165) is 16.6 Å². The van der Waals surface area contributed by atoms with Gasteiger partial charge < -0.3 is 9.23 Å². The van der Waals surface area contributed by atoms with Gasteiger partial charge >= 0.3 is 6.85 Å². The van der Waals surface area contributed by atoms with Gasteiger partial charge in [-0.05, 0) is 42.6 Å². The zero-order valence-electron chi connectivity index (χ0n) is 15.3. The Kier molecular flexibility index (Phi) is 3.61. The number of furan rings is 1. The Hall–Kier alpha value is -3.34. The van der Waals surface area contributed by atoms with Crippen molar-refractivity contribution in [1.82, 2.24) is 9.79 Å². The van der Waals surface area contributed by atoms with Gasteiger partial charge in [0.25, 0.3) is 0 Å². The van der Waals surface area contributed by atoms with Crippen molar-refractivity contribution in [1.29, 1.82) is 0 Å². The van der Waals surface area contributed by atoms with E-state index in [1.165, 1.54) is 16.7 Å². The zero-order chi connectivity index (χ0) is 18.4. The van der Waals surface area contributed by atoms with Gasteiger partial charge in [-0.25, -0.2) is 9.55 Å². The molecule has 1 aliphatic heterocycles. The molecular weight excluding hydrogens is 333 g/mol. The van der Waals surface area contributed by atoms with Crippen LogP contribution >= 0.6 is 0 Å². The molecular formula is C22H19BN3O+. The van der Waals surface area contributed by atoms with Crippen molar-refractivity contribution in [2.45, 2.75) is 0 Å². The number of rotatable bonds is 2. The molecule has 0 N–H and O–H groups in total. The molecule has 5 rings (SSSR count). The van der Waals surface area contributed by atoms with Crippen molar-refractivity contribution >= 4 is 35.3 Å². The third-order valence-electron chi connectivity index (χ3n) is 5.24. The Balaban J connectivity index is 1.70. The lowest BCUT2D eigenvalue weighted by molar-refractivity contribution is -0.654. The molecule has 5 heteroatoms. The molecule has 3 aromatic heterocycles. The van der Waals surface area contributed by atoms with Crippen molar-refractivity contribution in [2.24, 2.45) is 7.05 Å². The summed E-state index contributed by atoms with van der Waals surface area (Å²) in [6.45, 7) is -0.00661. The first-order chi connectivity index (χ1) is 13.2. The summed E-state index contributed by atoms with van der Waals surface area (Å²) in [4.78, 5) is 6.59. The summed E-state index contributed by atoms with van der Waals surface area (Å²) in [5.74, 6) is 0. The first-order valence-electron chi connectivity index (χ1n) is 9.05. The molecule has 1 aliphatic rings. The Morgan fingerprint density at radius 3 is 2.74 bits per heavy atom.